The summed E-state index contributed by atoms with van der Waals surface area (Å²) in [5.74, 6) is 1.27. The summed E-state index contributed by atoms with van der Waals surface area (Å²) in [6.45, 7) is 4.02. The fourth-order valence-corrected chi connectivity index (χ4v) is 1.74. The molecule has 0 spiro atoms. The molecule has 2 rings (SSSR count). The van der Waals surface area contributed by atoms with E-state index in [-0.39, 0.29) is 0 Å². The number of nitrogens with zero attached hydrogens (tertiary/aromatic N) is 2. The van der Waals surface area contributed by atoms with Crippen molar-refractivity contribution in [1.82, 2.24) is 9.97 Å². The zero-order valence-electron chi connectivity index (χ0n) is 9.77. The van der Waals surface area contributed by atoms with E-state index < -0.39 is 0 Å². The van der Waals surface area contributed by atoms with Crippen LogP contribution in [0.3, 0.4) is 0 Å². The lowest BCUT2D eigenvalue weighted by molar-refractivity contribution is 0.455. The van der Waals surface area contributed by atoms with Gasteiger partial charge in [-0.15, -0.1) is 0 Å². The van der Waals surface area contributed by atoms with Gasteiger partial charge in [-0.25, -0.2) is 9.97 Å². The predicted octanol–water partition coefficient (Wildman–Crippen LogP) is 3.79. The summed E-state index contributed by atoms with van der Waals surface area (Å²) in [6, 6.07) is 7.79. The van der Waals surface area contributed by atoms with E-state index in [1.165, 1.54) is 11.9 Å². The van der Waals surface area contributed by atoms with E-state index in [4.69, 9.17) is 16.3 Å². The van der Waals surface area contributed by atoms with E-state index in [9.17, 15) is 0 Å². The second-order valence-electron chi connectivity index (χ2n) is 3.72. The lowest BCUT2D eigenvalue weighted by atomic mass is 10.2. The summed E-state index contributed by atoms with van der Waals surface area (Å²) in [5.41, 5.74) is 2.02. The molecule has 1 aromatic carbocycles. The maximum Gasteiger partial charge on any atom is 0.226 e. The molecular weight excluding hydrogens is 236 g/mol. The molecule has 2 aromatic rings. The number of aromatic nitrogens is 2. The highest BCUT2D eigenvalue weighted by Gasteiger charge is 2.09. The van der Waals surface area contributed by atoms with E-state index in [1.807, 2.05) is 38.1 Å². The van der Waals surface area contributed by atoms with Gasteiger partial charge in [0.1, 0.15) is 17.2 Å². The van der Waals surface area contributed by atoms with Gasteiger partial charge in [-0.3, -0.25) is 0 Å². The number of benzene rings is 1. The van der Waals surface area contributed by atoms with Crippen LogP contribution in [0, 0.1) is 6.92 Å². The van der Waals surface area contributed by atoms with Crippen molar-refractivity contribution in [3.8, 4) is 11.6 Å². The first kappa shape index (κ1) is 11.9. The van der Waals surface area contributed by atoms with Gasteiger partial charge in [0.2, 0.25) is 5.88 Å². The van der Waals surface area contributed by atoms with Crippen molar-refractivity contribution in [2.24, 2.45) is 0 Å². The van der Waals surface area contributed by atoms with Gasteiger partial charge in [-0.05, 0) is 25.5 Å². The average molecular weight is 249 g/mol. The number of aryl methyl sites for hydroxylation is 1. The molecule has 0 fully saturated rings. The van der Waals surface area contributed by atoms with Crippen LogP contribution in [0.25, 0.3) is 0 Å². The first-order chi connectivity index (χ1) is 8.20. The standard InChI is InChI=1S/C13H13ClN2O/c1-3-11-12(14)15-8-16-13(11)17-10-6-4-9(2)5-7-10/h4-8H,3H2,1-2H3. The first-order valence-electron chi connectivity index (χ1n) is 5.44. The molecule has 88 valence electrons. The Morgan fingerprint density at radius 2 is 1.88 bits per heavy atom. The minimum absolute atomic E-state index is 0.449. The zero-order valence-corrected chi connectivity index (χ0v) is 10.5. The summed E-state index contributed by atoms with van der Waals surface area (Å²) < 4.78 is 5.70. The highest BCUT2D eigenvalue weighted by atomic mass is 35.5. The molecule has 0 amide bonds. The maximum absolute atomic E-state index is 5.99. The summed E-state index contributed by atoms with van der Waals surface area (Å²) in [6.07, 6.45) is 2.14. The minimum Gasteiger partial charge on any atom is -0.439 e. The first-order valence-corrected chi connectivity index (χ1v) is 5.82. The Balaban J connectivity index is 2.29. The third kappa shape index (κ3) is 2.74. The highest BCUT2D eigenvalue weighted by molar-refractivity contribution is 6.30. The van der Waals surface area contributed by atoms with Crippen LogP contribution in [0.5, 0.6) is 11.6 Å². The summed E-state index contributed by atoms with van der Waals surface area (Å²) in [7, 11) is 0. The molecule has 0 atom stereocenters. The van der Waals surface area contributed by atoms with Crippen LogP contribution in [-0.2, 0) is 6.42 Å². The molecule has 0 aliphatic heterocycles. The highest BCUT2D eigenvalue weighted by Crippen LogP contribution is 2.27. The second-order valence-corrected chi connectivity index (χ2v) is 4.07. The monoisotopic (exact) mass is 248 g/mol. The molecule has 1 aromatic heterocycles. The van der Waals surface area contributed by atoms with Crippen LogP contribution in [-0.4, -0.2) is 9.97 Å². The van der Waals surface area contributed by atoms with Gasteiger partial charge in [-0.1, -0.05) is 36.2 Å². The quantitative estimate of drug-likeness (QED) is 0.775. The Labute approximate surface area is 105 Å². The van der Waals surface area contributed by atoms with Gasteiger partial charge in [0.25, 0.3) is 0 Å². The minimum atomic E-state index is 0.449. The predicted molar refractivity (Wildman–Crippen MR) is 67.7 cm³/mol. The second kappa shape index (κ2) is 5.15. The lowest BCUT2D eigenvalue weighted by Crippen LogP contribution is -1.96. The van der Waals surface area contributed by atoms with Crippen LogP contribution in [0.4, 0.5) is 0 Å². The largest absolute Gasteiger partial charge is 0.439 e. The Hall–Kier alpha value is -1.61. The Morgan fingerprint density at radius 3 is 2.53 bits per heavy atom. The Kier molecular flexibility index (Phi) is 3.59. The van der Waals surface area contributed by atoms with Gasteiger partial charge < -0.3 is 4.74 Å². The van der Waals surface area contributed by atoms with Crippen molar-refractivity contribution in [3.05, 3.63) is 46.9 Å². The van der Waals surface area contributed by atoms with Gasteiger partial charge in [0.15, 0.2) is 0 Å². The van der Waals surface area contributed by atoms with Crippen molar-refractivity contribution in [3.63, 3.8) is 0 Å². The molecule has 0 N–H and O–H groups in total. The molecule has 0 saturated carbocycles. The number of hydrogen-bond donors (Lipinski definition) is 0. The summed E-state index contributed by atoms with van der Waals surface area (Å²) >= 11 is 5.99. The molecule has 0 unspecified atom stereocenters. The Bertz CT molecular complexity index is 511. The van der Waals surface area contributed by atoms with E-state index in [1.54, 1.807) is 0 Å². The van der Waals surface area contributed by atoms with Crippen molar-refractivity contribution >= 4 is 11.6 Å². The van der Waals surface area contributed by atoms with Crippen molar-refractivity contribution < 1.29 is 4.74 Å². The fourth-order valence-electron chi connectivity index (χ4n) is 1.48. The van der Waals surface area contributed by atoms with E-state index >= 15 is 0 Å². The van der Waals surface area contributed by atoms with E-state index in [0.29, 0.717) is 11.0 Å². The molecule has 0 aliphatic rings. The fraction of sp³-hybridized carbons (Fsp3) is 0.231. The molecule has 17 heavy (non-hydrogen) atoms. The number of rotatable bonds is 3. The van der Waals surface area contributed by atoms with Gasteiger partial charge in [-0.2, -0.15) is 0 Å². The SMILES string of the molecule is CCc1c(Cl)ncnc1Oc1ccc(C)cc1. The summed E-state index contributed by atoms with van der Waals surface area (Å²) in [5, 5.41) is 0.449. The molecule has 0 saturated heterocycles. The molecule has 1 heterocycles. The van der Waals surface area contributed by atoms with Gasteiger partial charge in [0, 0.05) is 0 Å². The summed E-state index contributed by atoms with van der Waals surface area (Å²) in [4.78, 5) is 8.05. The van der Waals surface area contributed by atoms with Crippen LogP contribution in [0.1, 0.15) is 18.1 Å². The van der Waals surface area contributed by atoms with Crippen LogP contribution in [0.15, 0.2) is 30.6 Å². The van der Waals surface area contributed by atoms with E-state index in [0.717, 1.165) is 17.7 Å². The average Bonchev–Trinajstić information content (AvgIpc) is 2.32. The van der Waals surface area contributed by atoms with Gasteiger partial charge >= 0.3 is 0 Å². The third-order valence-electron chi connectivity index (χ3n) is 2.44. The van der Waals surface area contributed by atoms with Crippen LogP contribution < -0.4 is 4.74 Å². The molecule has 0 bridgehead atoms. The van der Waals surface area contributed by atoms with Crippen molar-refractivity contribution in [2.75, 3.05) is 0 Å². The van der Waals surface area contributed by atoms with Crippen molar-refractivity contribution in [2.45, 2.75) is 20.3 Å². The molecule has 4 heteroatoms. The van der Waals surface area contributed by atoms with E-state index in [2.05, 4.69) is 9.97 Å². The zero-order chi connectivity index (χ0) is 12.3. The van der Waals surface area contributed by atoms with Crippen LogP contribution in [0.2, 0.25) is 5.15 Å². The Morgan fingerprint density at radius 1 is 1.18 bits per heavy atom. The van der Waals surface area contributed by atoms with Gasteiger partial charge in [0.05, 0.1) is 5.56 Å². The number of ether oxygens (including phenoxy) is 1. The molecular formula is C13H13ClN2O. The smallest absolute Gasteiger partial charge is 0.226 e. The third-order valence-corrected chi connectivity index (χ3v) is 2.77. The number of halogens is 1. The van der Waals surface area contributed by atoms with Crippen LogP contribution >= 0.6 is 11.6 Å². The topological polar surface area (TPSA) is 35.0 Å². The number of hydrogen-bond acceptors (Lipinski definition) is 3. The lowest BCUT2D eigenvalue weighted by Gasteiger charge is -2.09. The normalized spacial score (nSPS) is 10.3. The van der Waals surface area contributed by atoms with Crippen molar-refractivity contribution in [1.29, 1.82) is 0 Å². The maximum atomic E-state index is 5.99. The molecule has 0 aliphatic carbocycles. The molecule has 0 radical (unpaired) electrons. The molecule has 3 nitrogen and oxygen atoms in total.